The summed E-state index contributed by atoms with van der Waals surface area (Å²) in [6, 6.07) is 11.0. The van der Waals surface area contributed by atoms with E-state index in [-0.39, 0.29) is 26.4 Å². The van der Waals surface area contributed by atoms with Crippen LogP contribution < -0.4 is 9.47 Å². The van der Waals surface area contributed by atoms with E-state index >= 15 is 0 Å². The van der Waals surface area contributed by atoms with Crippen molar-refractivity contribution in [1.29, 1.82) is 0 Å². The van der Waals surface area contributed by atoms with Gasteiger partial charge in [0, 0.05) is 12.1 Å². The van der Waals surface area contributed by atoms with Crippen molar-refractivity contribution < 1.29 is 19.7 Å². The second kappa shape index (κ2) is 7.03. The Hall–Kier alpha value is -3.10. The first-order chi connectivity index (χ1) is 12.8. The Morgan fingerprint density at radius 2 is 1.19 bits per heavy atom. The van der Waals surface area contributed by atoms with E-state index in [9.17, 15) is 0 Å². The number of imidazole rings is 2. The Bertz CT molecular complexity index is 956. The van der Waals surface area contributed by atoms with Crippen LogP contribution in [0.4, 0.5) is 0 Å². The van der Waals surface area contributed by atoms with Gasteiger partial charge in [-0.2, -0.15) is 0 Å². The Kier molecular flexibility index (Phi) is 4.42. The number of ether oxygens (including phenoxy) is 2. The maximum absolute atomic E-state index is 8.85. The van der Waals surface area contributed by atoms with Crippen LogP contribution in [0.1, 0.15) is 0 Å². The lowest BCUT2D eigenvalue weighted by atomic mass is 10.3. The number of nitrogens with one attached hydrogen (secondary N) is 2. The Morgan fingerprint density at radius 3 is 1.62 bits per heavy atom. The SMILES string of the molecule is OCCOc1ccc2nc(-c3nc4ccc(OCCO)cc4[nH]3)[nH]c2c1. The topological polar surface area (TPSA) is 116 Å². The van der Waals surface area contributed by atoms with Crippen LogP contribution in [-0.4, -0.2) is 56.6 Å². The number of aliphatic hydroxyl groups excluding tert-OH is 2. The molecule has 4 aromatic rings. The van der Waals surface area contributed by atoms with Crippen molar-refractivity contribution >= 4 is 22.1 Å². The molecule has 4 rings (SSSR count). The summed E-state index contributed by atoms with van der Waals surface area (Å²) < 4.78 is 10.8. The molecule has 0 bridgehead atoms. The molecule has 0 aliphatic heterocycles. The fraction of sp³-hybridized carbons (Fsp3) is 0.222. The van der Waals surface area contributed by atoms with E-state index in [0.29, 0.717) is 23.1 Å². The Balaban J connectivity index is 1.65. The molecule has 8 nitrogen and oxygen atoms in total. The first-order valence-electron chi connectivity index (χ1n) is 8.24. The van der Waals surface area contributed by atoms with Gasteiger partial charge in [0.1, 0.15) is 24.7 Å². The largest absolute Gasteiger partial charge is 0.491 e. The highest BCUT2D eigenvalue weighted by Gasteiger charge is 2.11. The van der Waals surface area contributed by atoms with Gasteiger partial charge in [-0.25, -0.2) is 9.97 Å². The predicted octanol–water partition coefficient (Wildman–Crippen LogP) is 1.85. The molecular formula is C18H18N4O4. The van der Waals surface area contributed by atoms with Crippen molar-refractivity contribution in [3.05, 3.63) is 36.4 Å². The number of nitrogens with zero attached hydrogens (tertiary/aromatic N) is 2. The van der Waals surface area contributed by atoms with Crippen LogP contribution in [0.5, 0.6) is 11.5 Å². The number of fused-ring (bicyclic) bond motifs is 2. The summed E-state index contributed by atoms with van der Waals surface area (Å²) >= 11 is 0. The minimum absolute atomic E-state index is 0.0325. The van der Waals surface area contributed by atoms with Crippen molar-refractivity contribution in [2.75, 3.05) is 26.4 Å². The smallest absolute Gasteiger partial charge is 0.174 e. The summed E-state index contributed by atoms with van der Waals surface area (Å²) in [6.45, 7) is 0.429. The van der Waals surface area contributed by atoms with Gasteiger partial charge in [0.05, 0.1) is 35.3 Å². The van der Waals surface area contributed by atoms with Gasteiger partial charge in [0.15, 0.2) is 11.6 Å². The average molecular weight is 354 g/mol. The lowest BCUT2D eigenvalue weighted by Crippen LogP contribution is -2.01. The maximum atomic E-state index is 8.85. The van der Waals surface area contributed by atoms with Crippen LogP contribution in [0, 0.1) is 0 Å². The molecule has 2 aromatic carbocycles. The molecule has 8 heteroatoms. The standard InChI is InChI=1S/C18H18N4O4/c23-5-7-25-11-1-3-13-15(9-11)21-17(19-13)18-20-14-4-2-12(26-8-6-24)10-16(14)22-18/h1-4,9-10,23-24H,5-8H2,(H,19,21)(H,20,22). The van der Waals surface area contributed by atoms with Crippen molar-refractivity contribution in [3.63, 3.8) is 0 Å². The summed E-state index contributed by atoms with van der Waals surface area (Å²) in [6.07, 6.45) is 0. The van der Waals surface area contributed by atoms with E-state index in [1.807, 2.05) is 36.4 Å². The Morgan fingerprint density at radius 1 is 0.731 bits per heavy atom. The number of aromatic amines is 2. The van der Waals surface area contributed by atoms with Crippen LogP contribution in [0.15, 0.2) is 36.4 Å². The zero-order valence-electron chi connectivity index (χ0n) is 13.9. The third-order valence-corrected chi connectivity index (χ3v) is 3.85. The van der Waals surface area contributed by atoms with Crippen LogP contribution in [0.3, 0.4) is 0 Å². The van der Waals surface area contributed by atoms with E-state index in [1.165, 1.54) is 0 Å². The number of benzene rings is 2. The first kappa shape index (κ1) is 16.4. The van der Waals surface area contributed by atoms with Gasteiger partial charge in [0.25, 0.3) is 0 Å². The molecule has 0 saturated heterocycles. The lowest BCUT2D eigenvalue weighted by Gasteiger charge is -2.02. The average Bonchev–Trinajstić information content (AvgIpc) is 3.27. The molecule has 0 spiro atoms. The van der Waals surface area contributed by atoms with Crippen LogP contribution in [0.2, 0.25) is 0 Å². The number of aliphatic hydroxyl groups is 2. The summed E-state index contributed by atoms with van der Waals surface area (Å²) in [7, 11) is 0. The molecule has 4 N–H and O–H groups in total. The Labute approximate surface area is 148 Å². The molecule has 0 unspecified atom stereocenters. The molecule has 134 valence electrons. The summed E-state index contributed by atoms with van der Waals surface area (Å²) in [5.41, 5.74) is 3.23. The van der Waals surface area contributed by atoms with Crippen molar-refractivity contribution in [2.24, 2.45) is 0 Å². The van der Waals surface area contributed by atoms with E-state index in [2.05, 4.69) is 19.9 Å². The number of aromatic nitrogens is 4. The van der Waals surface area contributed by atoms with E-state index in [1.54, 1.807) is 0 Å². The van der Waals surface area contributed by atoms with Crippen LogP contribution in [-0.2, 0) is 0 Å². The van der Waals surface area contributed by atoms with Gasteiger partial charge in [-0.05, 0) is 24.3 Å². The van der Waals surface area contributed by atoms with E-state index < -0.39 is 0 Å². The highest BCUT2D eigenvalue weighted by atomic mass is 16.5. The molecule has 2 heterocycles. The highest BCUT2D eigenvalue weighted by Crippen LogP contribution is 2.25. The molecule has 0 atom stereocenters. The number of rotatable bonds is 7. The van der Waals surface area contributed by atoms with Crippen LogP contribution in [0.25, 0.3) is 33.7 Å². The summed E-state index contributed by atoms with van der Waals surface area (Å²) in [5.74, 6) is 2.57. The fourth-order valence-corrected chi connectivity index (χ4v) is 2.71. The second-order valence-electron chi connectivity index (χ2n) is 5.67. The molecule has 0 aliphatic carbocycles. The van der Waals surface area contributed by atoms with Gasteiger partial charge in [0.2, 0.25) is 0 Å². The molecule has 2 aromatic heterocycles. The quantitative estimate of drug-likeness (QED) is 0.402. The van der Waals surface area contributed by atoms with Gasteiger partial charge < -0.3 is 29.7 Å². The number of hydrogen-bond donors (Lipinski definition) is 4. The predicted molar refractivity (Wildman–Crippen MR) is 96.3 cm³/mol. The fourth-order valence-electron chi connectivity index (χ4n) is 2.71. The summed E-state index contributed by atoms with van der Waals surface area (Å²) in [5, 5.41) is 17.7. The zero-order chi connectivity index (χ0) is 17.9. The van der Waals surface area contributed by atoms with Gasteiger partial charge in [-0.1, -0.05) is 0 Å². The van der Waals surface area contributed by atoms with Crippen molar-refractivity contribution in [3.8, 4) is 23.1 Å². The minimum atomic E-state index is -0.0325. The molecule has 26 heavy (non-hydrogen) atoms. The molecular weight excluding hydrogens is 336 g/mol. The molecule has 0 fully saturated rings. The molecule has 0 amide bonds. The monoisotopic (exact) mass is 354 g/mol. The van der Waals surface area contributed by atoms with Crippen molar-refractivity contribution in [1.82, 2.24) is 19.9 Å². The molecule has 0 radical (unpaired) electrons. The van der Waals surface area contributed by atoms with Gasteiger partial charge in [-0.15, -0.1) is 0 Å². The molecule has 0 aliphatic rings. The number of H-pyrrole nitrogens is 2. The van der Waals surface area contributed by atoms with Gasteiger partial charge in [-0.3, -0.25) is 0 Å². The third-order valence-electron chi connectivity index (χ3n) is 3.85. The normalized spacial score (nSPS) is 11.3. The van der Waals surface area contributed by atoms with E-state index in [4.69, 9.17) is 19.7 Å². The first-order valence-corrected chi connectivity index (χ1v) is 8.24. The van der Waals surface area contributed by atoms with Crippen molar-refractivity contribution in [2.45, 2.75) is 0 Å². The zero-order valence-corrected chi connectivity index (χ0v) is 13.9. The lowest BCUT2D eigenvalue weighted by molar-refractivity contribution is 0.201. The molecule has 0 saturated carbocycles. The third kappa shape index (κ3) is 3.19. The minimum Gasteiger partial charge on any atom is -0.491 e. The van der Waals surface area contributed by atoms with E-state index in [0.717, 1.165) is 22.1 Å². The van der Waals surface area contributed by atoms with Crippen LogP contribution >= 0.6 is 0 Å². The summed E-state index contributed by atoms with van der Waals surface area (Å²) in [4.78, 5) is 15.6. The number of hydrogen-bond acceptors (Lipinski definition) is 6. The second-order valence-corrected chi connectivity index (χ2v) is 5.67. The maximum Gasteiger partial charge on any atom is 0.174 e. The van der Waals surface area contributed by atoms with Gasteiger partial charge >= 0.3 is 0 Å². The highest BCUT2D eigenvalue weighted by molar-refractivity contribution is 5.83.